The van der Waals surface area contributed by atoms with Gasteiger partial charge >= 0.3 is 11.9 Å². The second kappa shape index (κ2) is 4.40. The van der Waals surface area contributed by atoms with Crippen molar-refractivity contribution in [2.24, 2.45) is 5.41 Å². The predicted octanol–water partition coefficient (Wildman–Crippen LogP) is 1.54. The van der Waals surface area contributed by atoms with E-state index in [0.29, 0.717) is 11.5 Å². The third kappa shape index (κ3) is 1.71. The third-order valence-electron chi connectivity index (χ3n) is 3.78. The van der Waals surface area contributed by atoms with E-state index < -0.39 is 17.4 Å². The summed E-state index contributed by atoms with van der Waals surface area (Å²) in [5.74, 6) is -0.980. The van der Waals surface area contributed by atoms with E-state index in [1.807, 2.05) is 0 Å². The van der Waals surface area contributed by atoms with Crippen molar-refractivity contribution >= 4 is 11.9 Å². The molecule has 0 aromatic heterocycles. The highest BCUT2D eigenvalue weighted by molar-refractivity contribution is 6.04. The van der Waals surface area contributed by atoms with E-state index in [1.54, 1.807) is 25.1 Å². The predicted molar refractivity (Wildman–Crippen MR) is 66.6 cm³/mol. The number of hydrogen-bond acceptors (Lipinski definition) is 5. The number of aliphatic carboxylic acids is 1. The van der Waals surface area contributed by atoms with Gasteiger partial charge in [-0.1, -0.05) is 6.07 Å². The summed E-state index contributed by atoms with van der Waals surface area (Å²) in [6, 6.07) is 5.23. The Bertz CT molecular complexity index is 581. The van der Waals surface area contributed by atoms with Gasteiger partial charge in [-0.3, -0.25) is 9.59 Å². The normalized spacial score (nSPS) is 26.1. The third-order valence-corrected chi connectivity index (χ3v) is 3.78. The summed E-state index contributed by atoms with van der Waals surface area (Å²) < 4.78 is 15.4. The molecule has 106 valence electrons. The van der Waals surface area contributed by atoms with E-state index in [1.165, 1.54) is 0 Å². The molecule has 2 aliphatic rings. The average molecular weight is 278 g/mol. The van der Waals surface area contributed by atoms with Crippen LogP contribution in [-0.4, -0.2) is 30.4 Å². The zero-order chi connectivity index (χ0) is 14.3. The van der Waals surface area contributed by atoms with Crippen molar-refractivity contribution in [2.75, 3.05) is 13.4 Å². The standard InChI is InChI=1S/C14H14O6/c1-2-18-13(17)14(12(15)16)6-9(14)8-3-4-10-11(5-8)20-7-19-10/h3-5,9H,2,6-7H2,1H3,(H,15,16). The number of benzene rings is 1. The van der Waals surface area contributed by atoms with E-state index in [0.717, 1.165) is 5.56 Å². The van der Waals surface area contributed by atoms with Crippen molar-refractivity contribution in [3.8, 4) is 11.5 Å². The fourth-order valence-corrected chi connectivity index (χ4v) is 2.60. The topological polar surface area (TPSA) is 82.1 Å². The minimum absolute atomic E-state index is 0.158. The Morgan fingerprint density at radius 1 is 1.40 bits per heavy atom. The highest BCUT2D eigenvalue weighted by Gasteiger charge is 2.68. The Hall–Kier alpha value is -2.24. The maximum atomic E-state index is 11.9. The Morgan fingerprint density at radius 3 is 2.85 bits per heavy atom. The van der Waals surface area contributed by atoms with Gasteiger partial charge in [0.15, 0.2) is 16.9 Å². The van der Waals surface area contributed by atoms with Crippen molar-refractivity contribution in [1.29, 1.82) is 0 Å². The lowest BCUT2D eigenvalue weighted by Gasteiger charge is -2.11. The molecule has 6 heteroatoms. The summed E-state index contributed by atoms with van der Waals surface area (Å²) in [6.45, 7) is 1.98. The summed E-state index contributed by atoms with van der Waals surface area (Å²) in [4.78, 5) is 23.4. The van der Waals surface area contributed by atoms with E-state index >= 15 is 0 Å². The molecule has 1 aromatic rings. The van der Waals surface area contributed by atoms with Gasteiger partial charge in [0.25, 0.3) is 0 Å². The van der Waals surface area contributed by atoms with Crippen molar-refractivity contribution < 1.29 is 28.9 Å². The van der Waals surface area contributed by atoms with Gasteiger partial charge in [0, 0.05) is 5.92 Å². The molecule has 0 radical (unpaired) electrons. The maximum Gasteiger partial charge on any atom is 0.324 e. The van der Waals surface area contributed by atoms with Gasteiger partial charge < -0.3 is 19.3 Å². The van der Waals surface area contributed by atoms with E-state index in [-0.39, 0.29) is 25.7 Å². The number of carbonyl (C=O) groups is 2. The molecule has 0 saturated heterocycles. The summed E-state index contributed by atoms with van der Waals surface area (Å²) in [5, 5.41) is 9.37. The second-order valence-electron chi connectivity index (χ2n) is 4.87. The molecule has 20 heavy (non-hydrogen) atoms. The van der Waals surface area contributed by atoms with Gasteiger partial charge in [0.1, 0.15) is 0 Å². The molecule has 0 amide bonds. The average Bonchev–Trinajstić information content (AvgIpc) is 3.03. The highest BCUT2D eigenvalue weighted by atomic mass is 16.7. The number of fused-ring (bicyclic) bond motifs is 1. The second-order valence-corrected chi connectivity index (χ2v) is 4.87. The van der Waals surface area contributed by atoms with E-state index in [9.17, 15) is 14.7 Å². The lowest BCUT2D eigenvalue weighted by Crippen LogP contribution is -2.29. The van der Waals surface area contributed by atoms with Gasteiger partial charge in [0.05, 0.1) is 6.61 Å². The van der Waals surface area contributed by atoms with Crippen LogP contribution in [0.4, 0.5) is 0 Å². The number of carbonyl (C=O) groups excluding carboxylic acids is 1. The van der Waals surface area contributed by atoms with Gasteiger partial charge in [-0.25, -0.2) is 0 Å². The van der Waals surface area contributed by atoms with Crippen LogP contribution in [0.2, 0.25) is 0 Å². The van der Waals surface area contributed by atoms with Crippen molar-refractivity contribution in [2.45, 2.75) is 19.3 Å². The molecule has 1 aliphatic carbocycles. The zero-order valence-electron chi connectivity index (χ0n) is 10.9. The number of esters is 1. The quantitative estimate of drug-likeness (QED) is 0.664. The van der Waals surface area contributed by atoms with Crippen LogP contribution in [0.5, 0.6) is 11.5 Å². The first-order valence-corrected chi connectivity index (χ1v) is 6.39. The summed E-state index contributed by atoms with van der Waals surface area (Å²) in [7, 11) is 0. The number of carboxylic acids is 1. The van der Waals surface area contributed by atoms with E-state index in [4.69, 9.17) is 14.2 Å². The zero-order valence-corrected chi connectivity index (χ0v) is 10.9. The Kier molecular flexibility index (Phi) is 2.81. The highest BCUT2D eigenvalue weighted by Crippen LogP contribution is 2.61. The maximum absolute atomic E-state index is 11.9. The fourth-order valence-electron chi connectivity index (χ4n) is 2.60. The van der Waals surface area contributed by atoms with Gasteiger partial charge in [-0.05, 0) is 31.0 Å². The van der Waals surface area contributed by atoms with Crippen LogP contribution in [0.3, 0.4) is 0 Å². The van der Waals surface area contributed by atoms with Crippen LogP contribution < -0.4 is 9.47 Å². The van der Waals surface area contributed by atoms with Gasteiger partial charge in [-0.15, -0.1) is 0 Å². The summed E-state index contributed by atoms with van der Waals surface area (Å²) >= 11 is 0. The van der Waals surface area contributed by atoms with Crippen LogP contribution in [0.15, 0.2) is 18.2 Å². The molecule has 1 heterocycles. The minimum atomic E-state index is -1.45. The fraction of sp³-hybridized carbons (Fsp3) is 0.429. The summed E-state index contributed by atoms with van der Waals surface area (Å²) in [6.07, 6.45) is 0.251. The van der Waals surface area contributed by atoms with Crippen LogP contribution in [0.25, 0.3) is 0 Å². The molecule has 1 N–H and O–H groups in total. The molecule has 2 atom stereocenters. The lowest BCUT2D eigenvalue weighted by atomic mass is 9.99. The van der Waals surface area contributed by atoms with Gasteiger partial charge in [-0.2, -0.15) is 0 Å². The van der Waals surface area contributed by atoms with Crippen molar-refractivity contribution in [3.05, 3.63) is 23.8 Å². The molecule has 1 saturated carbocycles. The number of carboxylic acid groups (broad SMARTS) is 1. The molecular weight excluding hydrogens is 264 g/mol. The molecule has 6 nitrogen and oxygen atoms in total. The SMILES string of the molecule is CCOC(=O)C1(C(=O)O)CC1c1ccc2c(c1)OCO2. The molecule has 1 fully saturated rings. The Morgan fingerprint density at radius 2 is 2.15 bits per heavy atom. The summed E-state index contributed by atoms with van der Waals surface area (Å²) in [5.41, 5.74) is -0.700. The molecule has 1 aliphatic heterocycles. The Balaban J connectivity index is 1.89. The van der Waals surface area contributed by atoms with Crippen LogP contribution in [0.1, 0.15) is 24.8 Å². The number of rotatable bonds is 4. The molecule has 0 spiro atoms. The first-order chi connectivity index (χ1) is 9.59. The van der Waals surface area contributed by atoms with Crippen molar-refractivity contribution in [3.63, 3.8) is 0 Å². The first-order valence-electron chi connectivity index (χ1n) is 6.39. The molecule has 3 rings (SSSR count). The monoisotopic (exact) mass is 278 g/mol. The lowest BCUT2D eigenvalue weighted by molar-refractivity contribution is -0.161. The van der Waals surface area contributed by atoms with Crippen LogP contribution in [0, 0.1) is 5.41 Å². The van der Waals surface area contributed by atoms with Crippen LogP contribution >= 0.6 is 0 Å². The smallest absolute Gasteiger partial charge is 0.324 e. The van der Waals surface area contributed by atoms with E-state index in [2.05, 4.69) is 0 Å². The first kappa shape index (κ1) is 12.8. The Labute approximate surface area is 115 Å². The number of ether oxygens (including phenoxy) is 3. The molecule has 2 unspecified atom stereocenters. The van der Waals surface area contributed by atoms with Crippen molar-refractivity contribution in [1.82, 2.24) is 0 Å². The van der Waals surface area contributed by atoms with Crippen LogP contribution in [-0.2, 0) is 14.3 Å². The molecular formula is C14H14O6. The molecule has 0 bridgehead atoms. The molecule has 1 aromatic carbocycles. The number of hydrogen-bond donors (Lipinski definition) is 1. The largest absolute Gasteiger partial charge is 0.480 e. The minimum Gasteiger partial charge on any atom is -0.480 e. The van der Waals surface area contributed by atoms with Gasteiger partial charge in [0.2, 0.25) is 6.79 Å².